The van der Waals surface area contributed by atoms with Crippen molar-refractivity contribution in [3.05, 3.63) is 17.3 Å². The van der Waals surface area contributed by atoms with Crippen LogP contribution in [0.3, 0.4) is 0 Å². The van der Waals surface area contributed by atoms with Gasteiger partial charge in [0.05, 0.1) is 11.0 Å². The highest BCUT2D eigenvalue weighted by atomic mass is 32.2. The Morgan fingerprint density at radius 2 is 2.33 bits per heavy atom. The first-order chi connectivity index (χ1) is 10.2. The first kappa shape index (κ1) is 15.1. The van der Waals surface area contributed by atoms with Gasteiger partial charge in [-0.25, -0.2) is 9.97 Å². The molecule has 0 saturated heterocycles. The predicted molar refractivity (Wildman–Crippen MR) is 91.4 cm³/mol. The molecule has 0 radical (unpaired) electrons. The van der Waals surface area contributed by atoms with E-state index in [1.807, 2.05) is 11.8 Å². The molecular formula is C15H21N3OS2. The monoisotopic (exact) mass is 323 g/mol. The molecule has 1 aliphatic carbocycles. The van der Waals surface area contributed by atoms with Gasteiger partial charge in [-0.1, -0.05) is 13.8 Å². The number of fused-ring (bicyclic) bond motifs is 1. The second-order valence-corrected chi connectivity index (χ2v) is 8.04. The number of thiophene rings is 1. The average Bonchev–Trinajstić information content (AvgIpc) is 2.92. The van der Waals surface area contributed by atoms with E-state index in [0.717, 1.165) is 41.0 Å². The Labute approximate surface area is 133 Å². The van der Waals surface area contributed by atoms with Gasteiger partial charge in [-0.15, -0.1) is 11.3 Å². The van der Waals surface area contributed by atoms with Crippen molar-refractivity contribution in [3.8, 4) is 0 Å². The van der Waals surface area contributed by atoms with Crippen molar-refractivity contribution in [1.82, 2.24) is 9.97 Å². The molecular weight excluding hydrogens is 302 g/mol. The van der Waals surface area contributed by atoms with Gasteiger partial charge < -0.3 is 10.4 Å². The maximum absolute atomic E-state index is 10.7. The normalized spacial score (nSPS) is 25.0. The van der Waals surface area contributed by atoms with Crippen molar-refractivity contribution in [1.29, 1.82) is 0 Å². The second-order valence-electron chi connectivity index (χ2n) is 5.45. The van der Waals surface area contributed by atoms with Gasteiger partial charge in [0, 0.05) is 16.7 Å². The van der Waals surface area contributed by atoms with Crippen LogP contribution in [0.25, 0.3) is 10.2 Å². The topological polar surface area (TPSA) is 58.0 Å². The van der Waals surface area contributed by atoms with Crippen LogP contribution in [-0.4, -0.2) is 38.2 Å². The van der Waals surface area contributed by atoms with Gasteiger partial charge in [0.15, 0.2) is 0 Å². The number of aryl methyl sites for hydroxylation is 1. The third kappa shape index (κ3) is 2.89. The SMILES string of the molecule is CCSC1CCC1(O)CNc1ncnc2sc(CC)cc12. The minimum absolute atomic E-state index is 0.348. The van der Waals surface area contributed by atoms with Crippen LogP contribution in [0.15, 0.2) is 12.4 Å². The van der Waals surface area contributed by atoms with Crippen LogP contribution in [-0.2, 0) is 6.42 Å². The Morgan fingerprint density at radius 3 is 3.00 bits per heavy atom. The lowest BCUT2D eigenvalue weighted by atomic mass is 9.79. The van der Waals surface area contributed by atoms with Gasteiger partial charge in [-0.3, -0.25) is 0 Å². The Hall–Kier alpha value is -0.850. The van der Waals surface area contributed by atoms with E-state index in [2.05, 4.69) is 35.2 Å². The largest absolute Gasteiger partial charge is 0.387 e. The van der Waals surface area contributed by atoms with E-state index < -0.39 is 5.60 Å². The first-order valence-corrected chi connectivity index (χ1v) is 9.34. The fraction of sp³-hybridized carbons (Fsp3) is 0.600. The van der Waals surface area contributed by atoms with E-state index in [9.17, 15) is 5.11 Å². The fourth-order valence-corrected chi connectivity index (χ4v) is 4.83. The van der Waals surface area contributed by atoms with Gasteiger partial charge in [-0.2, -0.15) is 11.8 Å². The van der Waals surface area contributed by atoms with Gasteiger partial charge in [0.1, 0.15) is 17.0 Å². The van der Waals surface area contributed by atoms with E-state index in [1.165, 1.54) is 4.88 Å². The quantitative estimate of drug-likeness (QED) is 0.854. The zero-order valence-electron chi connectivity index (χ0n) is 12.4. The summed E-state index contributed by atoms with van der Waals surface area (Å²) < 4.78 is 0. The van der Waals surface area contributed by atoms with Gasteiger partial charge in [-0.05, 0) is 31.1 Å². The molecule has 1 saturated carbocycles. The number of hydrogen-bond donors (Lipinski definition) is 2. The Balaban J connectivity index is 1.75. The highest BCUT2D eigenvalue weighted by Crippen LogP contribution is 2.41. The minimum Gasteiger partial charge on any atom is -0.387 e. The molecule has 0 aliphatic heterocycles. The molecule has 0 amide bonds. The number of rotatable bonds is 6. The van der Waals surface area contributed by atoms with Crippen LogP contribution in [0.1, 0.15) is 31.6 Å². The molecule has 4 nitrogen and oxygen atoms in total. The molecule has 2 atom stereocenters. The molecule has 2 aromatic heterocycles. The van der Waals surface area contributed by atoms with Crippen LogP contribution in [0.2, 0.25) is 0 Å². The maximum atomic E-state index is 10.7. The second kappa shape index (κ2) is 6.10. The molecule has 2 unspecified atom stereocenters. The summed E-state index contributed by atoms with van der Waals surface area (Å²) in [4.78, 5) is 11.0. The molecule has 0 bridgehead atoms. The van der Waals surface area contributed by atoms with E-state index in [0.29, 0.717) is 11.8 Å². The standard InChI is InChI=1S/C15H21N3OS2/c1-3-10-7-11-13(17-9-18-14(11)21-10)16-8-15(19)6-5-12(15)20-4-2/h7,9,12,19H,3-6,8H2,1-2H3,(H,16,17,18). The van der Waals surface area contributed by atoms with E-state index >= 15 is 0 Å². The van der Waals surface area contributed by atoms with Crippen LogP contribution in [0.5, 0.6) is 0 Å². The maximum Gasteiger partial charge on any atom is 0.138 e. The molecule has 21 heavy (non-hydrogen) atoms. The summed E-state index contributed by atoms with van der Waals surface area (Å²) in [6.45, 7) is 4.85. The summed E-state index contributed by atoms with van der Waals surface area (Å²) in [5.41, 5.74) is -0.596. The number of nitrogens with one attached hydrogen (secondary N) is 1. The molecule has 6 heteroatoms. The fourth-order valence-electron chi connectivity index (χ4n) is 2.69. The number of anilines is 1. The molecule has 3 rings (SSSR count). The Kier molecular flexibility index (Phi) is 4.38. The lowest BCUT2D eigenvalue weighted by Gasteiger charge is -2.45. The van der Waals surface area contributed by atoms with Crippen molar-refractivity contribution >= 4 is 39.1 Å². The van der Waals surface area contributed by atoms with Crippen LogP contribution >= 0.6 is 23.1 Å². The summed E-state index contributed by atoms with van der Waals surface area (Å²) in [5, 5.41) is 15.4. The third-order valence-electron chi connectivity index (χ3n) is 4.10. The minimum atomic E-state index is -0.596. The van der Waals surface area contributed by atoms with Crippen molar-refractivity contribution in [2.75, 3.05) is 17.6 Å². The van der Waals surface area contributed by atoms with Gasteiger partial charge in [0.25, 0.3) is 0 Å². The average molecular weight is 323 g/mol. The van der Waals surface area contributed by atoms with Crippen LogP contribution < -0.4 is 5.32 Å². The smallest absolute Gasteiger partial charge is 0.138 e. The summed E-state index contributed by atoms with van der Waals surface area (Å²) >= 11 is 3.57. The molecule has 2 aromatic rings. The van der Waals surface area contributed by atoms with Crippen molar-refractivity contribution < 1.29 is 5.11 Å². The van der Waals surface area contributed by atoms with Crippen molar-refractivity contribution in [2.45, 2.75) is 44.0 Å². The first-order valence-electron chi connectivity index (χ1n) is 7.47. The summed E-state index contributed by atoms with van der Waals surface area (Å²) in [6.07, 6.45) is 4.59. The van der Waals surface area contributed by atoms with E-state index in [-0.39, 0.29) is 0 Å². The number of thioether (sulfide) groups is 1. The summed E-state index contributed by atoms with van der Waals surface area (Å²) in [6, 6.07) is 2.16. The highest BCUT2D eigenvalue weighted by molar-refractivity contribution is 8.00. The molecule has 114 valence electrons. The van der Waals surface area contributed by atoms with E-state index in [4.69, 9.17) is 0 Å². The van der Waals surface area contributed by atoms with Crippen LogP contribution in [0.4, 0.5) is 5.82 Å². The lowest BCUT2D eigenvalue weighted by molar-refractivity contribution is -0.0120. The molecule has 1 aliphatic rings. The highest BCUT2D eigenvalue weighted by Gasteiger charge is 2.45. The zero-order chi connectivity index (χ0) is 14.9. The lowest BCUT2D eigenvalue weighted by Crippen LogP contribution is -2.54. The van der Waals surface area contributed by atoms with Gasteiger partial charge >= 0.3 is 0 Å². The van der Waals surface area contributed by atoms with E-state index in [1.54, 1.807) is 17.7 Å². The van der Waals surface area contributed by atoms with Crippen molar-refractivity contribution in [3.63, 3.8) is 0 Å². The Bertz CT molecular complexity index is 630. The molecule has 2 N–H and O–H groups in total. The number of aliphatic hydroxyl groups is 1. The molecule has 2 heterocycles. The number of nitrogens with zero attached hydrogens (tertiary/aromatic N) is 2. The number of aromatic nitrogens is 2. The summed E-state index contributed by atoms with van der Waals surface area (Å²) in [7, 11) is 0. The molecule has 1 fully saturated rings. The van der Waals surface area contributed by atoms with Crippen LogP contribution in [0, 0.1) is 0 Å². The molecule has 0 spiro atoms. The third-order valence-corrected chi connectivity index (χ3v) is 6.70. The zero-order valence-corrected chi connectivity index (χ0v) is 14.1. The summed E-state index contributed by atoms with van der Waals surface area (Å²) in [5.74, 6) is 1.89. The number of hydrogen-bond acceptors (Lipinski definition) is 6. The Morgan fingerprint density at radius 1 is 1.48 bits per heavy atom. The molecule has 0 aromatic carbocycles. The van der Waals surface area contributed by atoms with Gasteiger partial charge in [0.2, 0.25) is 0 Å². The van der Waals surface area contributed by atoms with Crippen molar-refractivity contribution in [2.24, 2.45) is 0 Å². The predicted octanol–water partition coefficient (Wildman–Crippen LogP) is 3.31.